The van der Waals surface area contributed by atoms with Crippen molar-refractivity contribution in [1.29, 1.82) is 0 Å². The molecule has 0 aliphatic heterocycles. The first-order valence-electron chi connectivity index (χ1n) is 5.31. The van der Waals surface area contributed by atoms with E-state index in [1.54, 1.807) is 0 Å². The molecule has 0 aromatic rings. The second-order valence-electron chi connectivity index (χ2n) is 4.00. The van der Waals surface area contributed by atoms with Gasteiger partial charge in [-0.15, -0.1) is 0 Å². The standard InChI is InChI=1S/C8H17OS.CHF3O3S/c1-10(2)9-8-6-4-3-5-7-8;2-1(3,4)8(5,6)7/h8H,3-7H2,1-2H3;(H,5,6,7)/q+1;/p-1. The molecule has 0 aromatic heterocycles. The summed E-state index contributed by atoms with van der Waals surface area (Å²) in [7, 11) is -6.09. The number of rotatable bonds is 2. The lowest BCUT2D eigenvalue weighted by atomic mass is 9.98. The smallest absolute Gasteiger partial charge is 0.485 e. The molecule has 9 heteroatoms. The molecule has 1 fully saturated rings. The molecule has 18 heavy (non-hydrogen) atoms. The number of hydrogen-bond acceptors (Lipinski definition) is 4. The normalized spacial score (nSPS) is 18.4. The van der Waals surface area contributed by atoms with Gasteiger partial charge in [0.1, 0.15) is 29.8 Å². The fraction of sp³-hybridized carbons (Fsp3) is 1.00. The summed E-state index contributed by atoms with van der Waals surface area (Å²) < 4.78 is 64.6. The first-order valence-corrected chi connectivity index (χ1v) is 8.68. The van der Waals surface area contributed by atoms with E-state index in [0.29, 0.717) is 6.10 Å². The first kappa shape index (κ1) is 18.0. The highest BCUT2D eigenvalue weighted by molar-refractivity contribution is 7.90. The molecule has 1 saturated carbocycles. The highest BCUT2D eigenvalue weighted by Crippen LogP contribution is 2.21. The van der Waals surface area contributed by atoms with Gasteiger partial charge < -0.3 is 4.55 Å². The van der Waals surface area contributed by atoms with E-state index in [1.165, 1.54) is 32.1 Å². The summed E-state index contributed by atoms with van der Waals surface area (Å²) >= 11 is 0.187. The number of halogens is 3. The maximum absolute atomic E-state index is 10.7. The molecule has 0 amide bonds. The van der Waals surface area contributed by atoms with Gasteiger partial charge in [0.2, 0.25) is 0 Å². The van der Waals surface area contributed by atoms with Crippen molar-refractivity contribution in [3.63, 3.8) is 0 Å². The Hall–Kier alpha value is 0.01000. The van der Waals surface area contributed by atoms with Gasteiger partial charge in [-0.3, -0.25) is 0 Å². The van der Waals surface area contributed by atoms with E-state index in [-0.39, 0.29) is 11.2 Å². The summed E-state index contributed by atoms with van der Waals surface area (Å²) in [6.45, 7) is 0. The van der Waals surface area contributed by atoms with Crippen molar-refractivity contribution < 1.29 is 30.3 Å². The molecule has 0 radical (unpaired) electrons. The molecule has 0 N–H and O–H groups in total. The lowest BCUT2D eigenvalue weighted by Gasteiger charge is -2.17. The summed E-state index contributed by atoms with van der Waals surface area (Å²) in [5.41, 5.74) is -5.65. The predicted octanol–water partition coefficient (Wildman–Crippen LogP) is 2.18. The zero-order chi connectivity index (χ0) is 14.4. The minimum absolute atomic E-state index is 0.187. The van der Waals surface area contributed by atoms with Crippen molar-refractivity contribution in [2.45, 2.75) is 43.7 Å². The second-order valence-corrected chi connectivity index (χ2v) is 7.04. The van der Waals surface area contributed by atoms with Gasteiger partial charge in [0, 0.05) is 0 Å². The van der Waals surface area contributed by atoms with Crippen molar-refractivity contribution in [3.05, 3.63) is 0 Å². The average molecular weight is 310 g/mol. The molecule has 1 aliphatic carbocycles. The Bertz CT molecular complexity index is 321. The van der Waals surface area contributed by atoms with Gasteiger partial charge in [-0.05, 0) is 12.8 Å². The van der Waals surface area contributed by atoms with E-state index < -0.39 is 15.6 Å². The lowest BCUT2D eigenvalue weighted by molar-refractivity contribution is -0.0517. The monoisotopic (exact) mass is 310 g/mol. The van der Waals surface area contributed by atoms with Crippen molar-refractivity contribution in [1.82, 2.24) is 0 Å². The Morgan fingerprint density at radius 2 is 1.56 bits per heavy atom. The quantitative estimate of drug-likeness (QED) is 0.445. The summed E-state index contributed by atoms with van der Waals surface area (Å²) in [6.07, 6.45) is 11.6. The molecule has 0 bridgehead atoms. The van der Waals surface area contributed by atoms with Crippen molar-refractivity contribution >= 4 is 21.3 Å². The van der Waals surface area contributed by atoms with Crippen molar-refractivity contribution in [2.75, 3.05) is 12.5 Å². The van der Waals surface area contributed by atoms with Gasteiger partial charge in [0.25, 0.3) is 0 Å². The summed E-state index contributed by atoms with van der Waals surface area (Å²) in [5.74, 6) is 0. The molecule has 110 valence electrons. The molecule has 0 atom stereocenters. The fourth-order valence-electron chi connectivity index (χ4n) is 1.43. The van der Waals surface area contributed by atoms with Gasteiger partial charge in [-0.1, -0.05) is 19.3 Å². The topological polar surface area (TPSA) is 66.4 Å². The molecule has 1 rings (SSSR count). The van der Waals surface area contributed by atoms with Crippen LogP contribution < -0.4 is 0 Å². The summed E-state index contributed by atoms with van der Waals surface area (Å²) in [4.78, 5) is 0. The van der Waals surface area contributed by atoms with Crippen LogP contribution >= 0.6 is 0 Å². The SMILES string of the molecule is C[S+](C)OC1CCCCC1.O=S(=O)([O-])C(F)(F)F. The number of alkyl halides is 3. The fourth-order valence-corrected chi connectivity index (χ4v) is 2.17. The van der Waals surface area contributed by atoms with Crippen LogP contribution in [0.15, 0.2) is 0 Å². The molecule has 0 saturated heterocycles. The van der Waals surface area contributed by atoms with Crippen molar-refractivity contribution in [3.8, 4) is 0 Å². The Labute approximate surface area is 108 Å². The zero-order valence-electron chi connectivity index (χ0n) is 10.2. The van der Waals surface area contributed by atoms with E-state index in [2.05, 4.69) is 12.5 Å². The van der Waals surface area contributed by atoms with Crippen LogP contribution in [-0.4, -0.2) is 37.1 Å². The zero-order valence-corrected chi connectivity index (χ0v) is 11.8. The van der Waals surface area contributed by atoms with Gasteiger partial charge in [-0.25, -0.2) is 8.42 Å². The van der Waals surface area contributed by atoms with Crippen LogP contribution in [0.1, 0.15) is 32.1 Å². The van der Waals surface area contributed by atoms with Crippen molar-refractivity contribution in [2.24, 2.45) is 0 Å². The summed E-state index contributed by atoms with van der Waals surface area (Å²) in [6, 6.07) is 0. The molecular formula is C9H17F3O4S2. The highest BCUT2D eigenvalue weighted by atomic mass is 32.2. The highest BCUT2D eigenvalue weighted by Gasteiger charge is 2.36. The van der Waals surface area contributed by atoms with E-state index in [9.17, 15) is 13.2 Å². The van der Waals surface area contributed by atoms with Gasteiger partial charge in [0.05, 0.1) is 0 Å². The minimum atomic E-state index is -6.09. The Morgan fingerprint density at radius 3 is 1.83 bits per heavy atom. The molecule has 0 aromatic carbocycles. The van der Waals surface area contributed by atoms with Crippen LogP contribution in [0, 0.1) is 0 Å². The maximum Gasteiger partial charge on any atom is 0.485 e. The van der Waals surface area contributed by atoms with Crippen LogP contribution in [-0.2, 0) is 25.5 Å². The van der Waals surface area contributed by atoms with E-state index >= 15 is 0 Å². The molecule has 1 aliphatic rings. The molecule has 0 spiro atoms. The maximum atomic E-state index is 10.7. The van der Waals surface area contributed by atoms with E-state index in [4.69, 9.17) is 17.2 Å². The molecule has 4 nitrogen and oxygen atoms in total. The molecule has 0 heterocycles. The van der Waals surface area contributed by atoms with Crippen LogP contribution in [0.3, 0.4) is 0 Å². The first-order chi connectivity index (χ1) is 8.04. The van der Waals surface area contributed by atoms with E-state index in [1.807, 2.05) is 0 Å². The average Bonchev–Trinajstić information content (AvgIpc) is 2.15. The van der Waals surface area contributed by atoms with Crippen LogP contribution in [0.4, 0.5) is 13.2 Å². The Kier molecular flexibility index (Phi) is 7.57. The predicted molar refractivity (Wildman–Crippen MR) is 62.9 cm³/mol. The second kappa shape index (κ2) is 7.56. The molecular weight excluding hydrogens is 293 g/mol. The largest absolute Gasteiger partial charge is 0.741 e. The van der Waals surface area contributed by atoms with Crippen LogP contribution in [0.2, 0.25) is 0 Å². The summed E-state index contributed by atoms with van der Waals surface area (Å²) in [5, 5.41) is 0. The van der Waals surface area contributed by atoms with Gasteiger partial charge in [-0.2, -0.15) is 17.4 Å². The third-order valence-electron chi connectivity index (χ3n) is 2.16. The minimum Gasteiger partial charge on any atom is -0.741 e. The van der Waals surface area contributed by atoms with Gasteiger partial charge in [0.15, 0.2) is 10.1 Å². The van der Waals surface area contributed by atoms with E-state index in [0.717, 1.165) is 0 Å². The van der Waals surface area contributed by atoms with Crippen LogP contribution in [0.25, 0.3) is 0 Å². The van der Waals surface area contributed by atoms with Crippen LogP contribution in [0.5, 0.6) is 0 Å². The third-order valence-corrected chi connectivity index (χ3v) is 3.39. The molecule has 0 unspecified atom stereocenters. The van der Waals surface area contributed by atoms with Gasteiger partial charge >= 0.3 is 5.51 Å². The number of hydrogen-bond donors (Lipinski definition) is 0. The Morgan fingerprint density at radius 1 is 1.17 bits per heavy atom. The Balaban J connectivity index is 0.000000331. The third kappa shape index (κ3) is 8.17. The lowest BCUT2D eigenvalue weighted by Crippen LogP contribution is -2.21.